The number of aromatic nitrogens is 1. The van der Waals surface area contributed by atoms with Crippen molar-refractivity contribution < 1.29 is 37.1 Å². The van der Waals surface area contributed by atoms with Crippen LogP contribution in [0.4, 0.5) is 4.79 Å². The van der Waals surface area contributed by atoms with Gasteiger partial charge in [-0.15, -0.1) is 6.58 Å². The molecule has 4 amide bonds. The summed E-state index contributed by atoms with van der Waals surface area (Å²) in [5, 5.41) is 7.10. The van der Waals surface area contributed by atoms with Gasteiger partial charge in [0.05, 0.1) is 13.2 Å². The Morgan fingerprint density at radius 1 is 1.20 bits per heavy atom. The van der Waals surface area contributed by atoms with Crippen LogP contribution < -0.4 is 20.1 Å². The van der Waals surface area contributed by atoms with E-state index in [1.165, 1.54) is 25.1 Å². The van der Waals surface area contributed by atoms with Crippen molar-refractivity contribution in [1.82, 2.24) is 29.5 Å². The van der Waals surface area contributed by atoms with E-state index in [4.69, 9.17) is 9.47 Å². The van der Waals surface area contributed by atoms with Crippen molar-refractivity contribution in [2.45, 2.75) is 70.2 Å². The van der Waals surface area contributed by atoms with Crippen molar-refractivity contribution in [3.8, 4) is 5.88 Å². The Morgan fingerprint density at radius 3 is 2.63 bits per heavy atom. The summed E-state index contributed by atoms with van der Waals surface area (Å²) < 4.78 is 39.7. The van der Waals surface area contributed by atoms with Crippen LogP contribution in [-0.4, -0.2) is 97.4 Å². The van der Waals surface area contributed by atoms with Crippen LogP contribution in [0.3, 0.4) is 0 Å². The Hall–Kier alpha value is -4.50. The van der Waals surface area contributed by atoms with Crippen LogP contribution in [0, 0.1) is 11.3 Å². The maximum absolute atomic E-state index is 14.3. The number of ether oxygens (including phenoxy) is 2. The first kappa shape index (κ1) is 35.8. The van der Waals surface area contributed by atoms with E-state index in [-0.39, 0.29) is 26.0 Å². The highest BCUT2D eigenvalue weighted by Crippen LogP contribution is 2.45. The fraction of sp³-hybridized carbons (Fsp3) is 0.500. The van der Waals surface area contributed by atoms with Gasteiger partial charge in [-0.25, -0.2) is 14.5 Å². The molecule has 1 aromatic carbocycles. The van der Waals surface area contributed by atoms with Crippen molar-refractivity contribution in [3.05, 3.63) is 54.8 Å². The van der Waals surface area contributed by atoms with Gasteiger partial charge >= 0.3 is 16.3 Å². The Bertz CT molecular complexity index is 1790. The number of pyridine rings is 1. The van der Waals surface area contributed by atoms with Gasteiger partial charge in [0.25, 0.3) is 5.91 Å². The molecule has 2 fully saturated rings. The second-order valence-corrected chi connectivity index (χ2v) is 15.8. The molecule has 2 aromatic rings. The molecule has 3 N–H and O–H groups in total. The number of hydrogen-bond donors (Lipinski definition) is 3. The number of carbonyl (C=O) groups excluding carboxylic acids is 4. The Labute approximate surface area is 286 Å². The molecule has 5 atom stereocenters. The van der Waals surface area contributed by atoms with Crippen molar-refractivity contribution in [2.24, 2.45) is 11.3 Å². The van der Waals surface area contributed by atoms with Crippen molar-refractivity contribution >= 4 is 50.9 Å². The van der Waals surface area contributed by atoms with Crippen LogP contribution >= 0.6 is 0 Å². The summed E-state index contributed by atoms with van der Waals surface area (Å²) in [6.07, 6.45) is 6.96. The summed E-state index contributed by atoms with van der Waals surface area (Å²) in [4.78, 5) is 60.6. The minimum absolute atomic E-state index is 0.0307. The topological polar surface area (TPSA) is 176 Å². The number of nitrogens with zero attached hydrogens (tertiary/aromatic N) is 3. The first-order chi connectivity index (χ1) is 23.1. The molecule has 3 aliphatic rings. The zero-order valence-electron chi connectivity index (χ0n) is 28.4. The number of nitrogens with one attached hydrogen (secondary N) is 3. The zero-order valence-corrected chi connectivity index (χ0v) is 29.2. The van der Waals surface area contributed by atoms with E-state index < -0.39 is 69.1 Å². The number of amides is 4. The Balaban J connectivity index is 1.51. The summed E-state index contributed by atoms with van der Waals surface area (Å²) in [6.45, 7) is 9.20. The van der Waals surface area contributed by atoms with Crippen LogP contribution in [0.2, 0.25) is 0 Å². The van der Waals surface area contributed by atoms with Crippen molar-refractivity contribution in [1.29, 1.82) is 0 Å². The SMILES string of the molecule is C=C[C@@H]1C[C@]1(NC(=O)[C@@H]1C[C@@H]2CN1C(=O)[C@H](C(C)(C)C)NC(=O)OCCC/C=C\c1ccc3ccnc(c3c1)O2)C(=O)NS(=O)(=O)N(C)C. The molecule has 14 nitrogen and oxygen atoms in total. The second kappa shape index (κ2) is 13.8. The molecule has 0 unspecified atom stereocenters. The molecule has 5 rings (SSSR count). The third kappa shape index (κ3) is 7.72. The highest BCUT2D eigenvalue weighted by molar-refractivity contribution is 7.87. The minimum atomic E-state index is -4.16. The second-order valence-electron chi connectivity index (χ2n) is 13.9. The maximum Gasteiger partial charge on any atom is 0.407 e. The van der Waals surface area contributed by atoms with Crippen molar-refractivity contribution in [3.63, 3.8) is 0 Å². The third-order valence-corrected chi connectivity index (χ3v) is 10.5. The molecule has 1 aliphatic carbocycles. The largest absolute Gasteiger partial charge is 0.472 e. The summed E-state index contributed by atoms with van der Waals surface area (Å²) >= 11 is 0. The first-order valence-electron chi connectivity index (χ1n) is 16.2. The smallest absolute Gasteiger partial charge is 0.407 e. The van der Waals surface area contributed by atoms with Crippen LogP contribution in [0.5, 0.6) is 5.88 Å². The van der Waals surface area contributed by atoms with E-state index in [2.05, 4.69) is 22.2 Å². The third-order valence-electron chi connectivity index (χ3n) is 9.07. The highest BCUT2D eigenvalue weighted by Gasteiger charge is 2.61. The predicted octanol–water partition coefficient (Wildman–Crippen LogP) is 2.51. The molecule has 2 aliphatic heterocycles. The van der Waals surface area contributed by atoms with Gasteiger partial charge in [0.2, 0.25) is 17.7 Å². The van der Waals surface area contributed by atoms with E-state index in [9.17, 15) is 27.6 Å². The van der Waals surface area contributed by atoms with Crippen LogP contribution in [-0.2, 0) is 29.3 Å². The van der Waals surface area contributed by atoms with E-state index in [1.54, 1.807) is 27.0 Å². The van der Waals surface area contributed by atoms with E-state index in [0.29, 0.717) is 18.7 Å². The van der Waals surface area contributed by atoms with Crippen LogP contribution in [0.1, 0.15) is 52.0 Å². The van der Waals surface area contributed by atoms with E-state index in [0.717, 1.165) is 20.6 Å². The zero-order chi connectivity index (χ0) is 35.7. The summed E-state index contributed by atoms with van der Waals surface area (Å²) in [5.41, 5.74) is -1.46. The fourth-order valence-corrected chi connectivity index (χ4v) is 6.68. The molecule has 264 valence electrons. The molecule has 49 heavy (non-hydrogen) atoms. The molecule has 3 heterocycles. The molecule has 0 spiro atoms. The number of alkyl carbamates (subject to hydrolysis) is 1. The number of carbonyl (C=O) groups is 4. The number of benzene rings is 1. The van der Waals surface area contributed by atoms with Gasteiger partial charge in [-0.3, -0.25) is 14.4 Å². The number of fused-ring (bicyclic) bond motifs is 3. The van der Waals surface area contributed by atoms with Crippen LogP contribution in [0.25, 0.3) is 16.8 Å². The van der Waals surface area contributed by atoms with Gasteiger partial charge < -0.3 is 25.0 Å². The molecular weight excluding hydrogens is 652 g/mol. The number of cyclic esters (lactones) is 1. The standard InChI is InChI=1S/C34H44N6O8S/c1-7-23-19-34(23,31(43)38-49(45,46)39(5)6)37-28(41)26-18-24-20-40(26)30(42)27(33(2,3)4)36-32(44)47-16-10-8-9-11-21-12-13-22-14-15-35-29(48-24)25(22)17-21/h7,9,11-15,17,23-24,26-27H,1,8,10,16,18-20H2,2-6H3,(H,36,44)(H,37,41)(H,38,43)/b11-9-/t23-,24-,26+,27-,34-/m1/s1. The van der Waals surface area contributed by atoms with Gasteiger partial charge in [0.1, 0.15) is 23.7 Å². The average Bonchev–Trinajstić information content (AvgIpc) is 3.59. The van der Waals surface area contributed by atoms with Crippen LogP contribution in [0.15, 0.2) is 49.2 Å². The maximum atomic E-state index is 14.3. The van der Waals surface area contributed by atoms with Gasteiger partial charge in [0.15, 0.2) is 0 Å². The molecular formula is C34H44N6O8S. The Morgan fingerprint density at radius 2 is 1.96 bits per heavy atom. The number of rotatable bonds is 6. The fourth-order valence-electron chi connectivity index (χ4n) is 6.09. The Kier molecular flexibility index (Phi) is 10.1. The first-order valence-corrected chi connectivity index (χ1v) is 17.6. The lowest BCUT2D eigenvalue weighted by atomic mass is 9.85. The number of allylic oxidation sites excluding steroid dienone is 1. The summed E-state index contributed by atoms with van der Waals surface area (Å²) in [5.74, 6) is -2.35. The lowest BCUT2D eigenvalue weighted by molar-refractivity contribution is -0.142. The quantitative estimate of drug-likeness (QED) is 0.383. The van der Waals surface area contributed by atoms with E-state index in [1.807, 2.05) is 41.1 Å². The number of hydrogen-bond acceptors (Lipinski definition) is 9. The lowest BCUT2D eigenvalue weighted by Crippen LogP contribution is -2.60. The summed E-state index contributed by atoms with van der Waals surface area (Å²) in [7, 11) is -1.62. The van der Waals surface area contributed by atoms with E-state index >= 15 is 0 Å². The normalized spacial score (nSPS) is 26.9. The highest BCUT2D eigenvalue weighted by atomic mass is 32.2. The summed E-state index contributed by atoms with van der Waals surface area (Å²) in [6, 6.07) is 5.51. The van der Waals surface area contributed by atoms with Crippen molar-refractivity contribution in [2.75, 3.05) is 27.2 Å². The van der Waals surface area contributed by atoms with Gasteiger partial charge in [0, 0.05) is 38.0 Å². The average molecular weight is 697 g/mol. The van der Waals surface area contributed by atoms with Gasteiger partial charge in [-0.1, -0.05) is 51.1 Å². The lowest BCUT2D eigenvalue weighted by Gasteiger charge is -2.35. The predicted molar refractivity (Wildman–Crippen MR) is 182 cm³/mol. The van der Waals surface area contributed by atoms with Gasteiger partial charge in [-0.2, -0.15) is 12.7 Å². The molecule has 4 bridgehead atoms. The van der Waals surface area contributed by atoms with Gasteiger partial charge in [-0.05, 0) is 47.8 Å². The molecule has 0 radical (unpaired) electrons. The minimum Gasteiger partial charge on any atom is -0.472 e. The molecule has 1 saturated heterocycles. The monoisotopic (exact) mass is 696 g/mol. The molecule has 1 aromatic heterocycles. The molecule has 1 saturated carbocycles. The molecule has 15 heteroatoms.